The van der Waals surface area contributed by atoms with Crippen molar-refractivity contribution in [2.75, 3.05) is 0 Å². The molecule has 4 aliphatic rings. The van der Waals surface area contributed by atoms with Crippen molar-refractivity contribution in [2.45, 2.75) is 84.3 Å². The maximum Gasteiger partial charge on any atom is 0.305 e. The minimum atomic E-state index is -0.385. The Labute approximate surface area is 156 Å². The summed E-state index contributed by atoms with van der Waals surface area (Å²) in [6, 6.07) is 0. The van der Waals surface area contributed by atoms with E-state index < -0.39 is 0 Å². The maximum absolute atomic E-state index is 11.9. The van der Waals surface area contributed by atoms with Crippen LogP contribution in [0.15, 0.2) is 11.6 Å². The second-order valence-corrected chi connectivity index (χ2v) is 9.57. The van der Waals surface area contributed by atoms with Gasteiger partial charge in [0.2, 0.25) is 0 Å². The van der Waals surface area contributed by atoms with Gasteiger partial charge in [0.15, 0.2) is 5.78 Å². The van der Waals surface area contributed by atoms with E-state index in [9.17, 15) is 14.7 Å². The van der Waals surface area contributed by atoms with E-state index in [4.69, 9.17) is 4.74 Å². The van der Waals surface area contributed by atoms with Crippen LogP contribution in [0.1, 0.15) is 72.1 Å². The number of aliphatic hydroxyl groups is 1. The monoisotopic (exact) mass is 360 g/mol. The van der Waals surface area contributed by atoms with E-state index in [1.165, 1.54) is 5.57 Å². The molecule has 1 N–H and O–H groups in total. The summed E-state index contributed by atoms with van der Waals surface area (Å²) in [5.74, 6) is 1.32. The molecule has 0 radical (unpaired) electrons. The molecule has 0 aromatic heterocycles. The van der Waals surface area contributed by atoms with Crippen molar-refractivity contribution in [3.63, 3.8) is 0 Å². The molecule has 4 aliphatic carbocycles. The molecule has 144 valence electrons. The minimum absolute atomic E-state index is 0.0459. The fraction of sp³-hybridized carbons (Fsp3) is 0.818. The zero-order valence-corrected chi connectivity index (χ0v) is 16.3. The van der Waals surface area contributed by atoms with Crippen molar-refractivity contribution in [3.8, 4) is 0 Å². The third kappa shape index (κ3) is 2.51. The SMILES string of the molecule is CCC(=O)O[C@@H]1CC[C@@H]2[C@H]3CCC4=CC(=O)CC[C@]4(C)[C@@H]3[C@@H](O)C[C@]21C. The number of rotatable bonds is 2. The number of fused-ring (bicyclic) bond motifs is 5. The van der Waals surface area contributed by atoms with Crippen LogP contribution in [0.3, 0.4) is 0 Å². The molecule has 4 heteroatoms. The van der Waals surface area contributed by atoms with E-state index in [0.29, 0.717) is 31.1 Å². The number of carbonyl (C=O) groups is 2. The predicted octanol–water partition coefficient (Wildman–Crippen LogP) is 3.81. The Bertz CT molecular complexity index is 653. The zero-order chi connectivity index (χ0) is 18.7. The molecule has 0 aromatic rings. The van der Waals surface area contributed by atoms with E-state index in [2.05, 4.69) is 13.8 Å². The largest absolute Gasteiger partial charge is 0.462 e. The first-order valence-corrected chi connectivity index (χ1v) is 10.4. The quantitative estimate of drug-likeness (QED) is 0.761. The van der Waals surface area contributed by atoms with Crippen LogP contribution in [0.25, 0.3) is 0 Å². The Morgan fingerprint density at radius 1 is 1.27 bits per heavy atom. The van der Waals surface area contributed by atoms with Crippen LogP contribution >= 0.6 is 0 Å². The standard InChI is InChI=1S/C22H32O4/c1-4-19(25)26-18-8-7-16-15-6-5-13-11-14(23)9-10-21(13,2)20(15)17(24)12-22(16,18)3/h11,15-18,20,24H,4-10,12H2,1-3H3/t15-,16-,17+,18-,20+,21+,22-/m1/s1. The molecule has 0 spiro atoms. The molecule has 0 amide bonds. The predicted molar refractivity (Wildman–Crippen MR) is 98.3 cm³/mol. The van der Waals surface area contributed by atoms with Gasteiger partial charge in [-0.3, -0.25) is 9.59 Å². The highest BCUT2D eigenvalue weighted by atomic mass is 16.5. The Hall–Kier alpha value is -1.16. The normalized spacial score (nSPS) is 47.5. The molecule has 3 fully saturated rings. The van der Waals surface area contributed by atoms with Gasteiger partial charge in [0, 0.05) is 18.3 Å². The second kappa shape index (κ2) is 6.19. The van der Waals surface area contributed by atoms with Crippen LogP contribution in [-0.2, 0) is 14.3 Å². The lowest BCUT2D eigenvalue weighted by Crippen LogP contribution is -2.57. The van der Waals surface area contributed by atoms with Gasteiger partial charge in [0.05, 0.1) is 6.10 Å². The summed E-state index contributed by atoms with van der Waals surface area (Å²) in [7, 11) is 0. The van der Waals surface area contributed by atoms with Gasteiger partial charge in [0.25, 0.3) is 0 Å². The third-order valence-electron chi connectivity index (χ3n) is 8.37. The fourth-order valence-corrected chi connectivity index (χ4v) is 7.08. The van der Waals surface area contributed by atoms with Crippen LogP contribution in [0, 0.1) is 28.6 Å². The van der Waals surface area contributed by atoms with Gasteiger partial charge < -0.3 is 9.84 Å². The first kappa shape index (κ1) is 18.2. The lowest BCUT2D eigenvalue weighted by atomic mass is 9.46. The summed E-state index contributed by atoms with van der Waals surface area (Å²) >= 11 is 0. The van der Waals surface area contributed by atoms with Gasteiger partial charge in [-0.15, -0.1) is 0 Å². The molecule has 0 saturated heterocycles. The molecule has 0 aromatic carbocycles. The summed E-state index contributed by atoms with van der Waals surface area (Å²) in [5, 5.41) is 11.2. The van der Waals surface area contributed by atoms with Crippen LogP contribution in [0.4, 0.5) is 0 Å². The fourth-order valence-electron chi connectivity index (χ4n) is 7.08. The van der Waals surface area contributed by atoms with Gasteiger partial charge in [-0.05, 0) is 67.8 Å². The average molecular weight is 360 g/mol. The average Bonchev–Trinajstić information content (AvgIpc) is 2.91. The molecule has 7 atom stereocenters. The minimum Gasteiger partial charge on any atom is -0.462 e. The number of aliphatic hydroxyl groups excluding tert-OH is 1. The second-order valence-electron chi connectivity index (χ2n) is 9.57. The first-order valence-electron chi connectivity index (χ1n) is 10.4. The highest BCUT2D eigenvalue weighted by molar-refractivity contribution is 5.91. The molecule has 3 saturated carbocycles. The van der Waals surface area contributed by atoms with Crippen LogP contribution < -0.4 is 0 Å². The van der Waals surface area contributed by atoms with Crippen LogP contribution in [-0.4, -0.2) is 29.1 Å². The Morgan fingerprint density at radius 3 is 2.77 bits per heavy atom. The number of allylic oxidation sites excluding steroid dienone is 1. The zero-order valence-electron chi connectivity index (χ0n) is 16.3. The molecule has 26 heavy (non-hydrogen) atoms. The van der Waals surface area contributed by atoms with E-state index in [1.54, 1.807) is 0 Å². The van der Waals surface area contributed by atoms with Crippen LogP contribution in [0.2, 0.25) is 0 Å². The summed E-state index contributed by atoms with van der Waals surface area (Å²) in [6.45, 7) is 6.34. The molecule has 0 aliphatic heterocycles. The molecule has 4 nitrogen and oxygen atoms in total. The highest BCUT2D eigenvalue weighted by Crippen LogP contribution is 2.65. The van der Waals surface area contributed by atoms with Crippen molar-refractivity contribution < 1.29 is 19.4 Å². The Morgan fingerprint density at radius 2 is 2.04 bits per heavy atom. The number of carbonyl (C=O) groups excluding carboxylic acids is 2. The van der Waals surface area contributed by atoms with Gasteiger partial charge in [-0.1, -0.05) is 26.3 Å². The Balaban J connectivity index is 1.64. The molecular formula is C22H32O4. The summed E-state index contributed by atoms with van der Waals surface area (Å²) in [6.07, 6.45) is 8.04. The van der Waals surface area contributed by atoms with Crippen molar-refractivity contribution in [1.29, 1.82) is 0 Å². The molecule has 4 rings (SSSR count). The number of hydrogen-bond acceptors (Lipinski definition) is 4. The Kier molecular flexibility index (Phi) is 4.33. The lowest BCUT2D eigenvalue weighted by Gasteiger charge is -2.59. The van der Waals surface area contributed by atoms with Crippen molar-refractivity contribution in [2.24, 2.45) is 28.6 Å². The maximum atomic E-state index is 11.9. The van der Waals surface area contributed by atoms with E-state index >= 15 is 0 Å². The van der Waals surface area contributed by atoms with Crippen molar-refractivity contribution in [1.82, 2.24) is 0 Å². The van der Waals surface area contributed by atoms with E-state index in [-0.39, 0.29) is 40.7 Å². The number of ketones is 1. The van der Waals surface area contributed by atoms with Crippen molar-refractivity contribution >= 4 is 11.8 Å². The smallest absolute Gasteiger partial charge is 0.305 e. The van der Waals surface area contributed by atoms with Gasteiger partial charge in [-0.2, -0.15) is 0 Å². The van der Waals surface area contributed by atoms with E-state index in [0.717, 1.165) is 32.1 Å². The highest BCUT2D eigenvalue weighted by Gasteiger charge is 2.62. The lowest BCUT2D eigenvalue weighted by molar-refractivity contribution is -0.170. The number of esters is 1. The van der Waals surface area contributed by atoms with Gasteiger partial charge >= 0.3 is 5.97 Å². The topological polar surface area (TPSA) is 63.6 Å². The molecule has 0 unspecified atom stereocenters. The summed E-state index contributed by atoms with van der Waals surface area (Å²) in [5.41, 5.74) is 1.10. The molecular weight excluding hydrogens is 328 g/mol. The number of hydrogen-bond donors (Lipinski definition) is 1. The van der Waals surface area contributed by atoms with Gasteiger partial charge in [0.1, 0.15) is 6.10 Å². The molecule has 0 bridgehead atoms. The third-order valence-corrected chi connectivity index (χ3v) is 8.37. The molecule has 0 heterocycles. The first-order chi connectivity index (χ1) is 12.3. The summed E-state index contributed by atoms with van der Waals surface area (Å²) in [4.78, 5) is 23.8. The number of ether oxygens (including phenoxy) is 1. The van der Waals surface area contributed by atoms with Crippen molar-refractivity contribution in [3.05, 3.63) is 11.6 Å². The van der Waals surface area contributed by atoms with Crippen LogP contribution in [0.5, 0.6) is 0 Å². The van der Waals surface area contributed by atoms with E-state index in [1.807, 2.05) is 13.0 Å². The van der Waals surface area contributed by atoms with Gasteiger partial charge in [-0.25, -0.2) is 0 Å². The summed E-state index contributed by atoms with van der Waals surface area (Å²) < 4.78 is 5.80.